The molecule has 24 heavy (non-hydrogen) atoms. The average molecular weight is 445 g/mol. The van der Waals surface area contributed by atoms with Crippen LogP contribution in [0.15, 0.2) is 0 Å². The number of rotatable bonds is 12. The maximum absolute atomic E-state index is 5.62. The molecule has 0 aromatic carbocycles. The van der Waals surface area contributed by atoms with E-state index in [9.17, 15) is 0 Å². The van der Waals surface area contributed by atoms with Crippen LogP contribution in [-0.4, -0.2) is 44.7 Å². The third kappa shape index (κ3) is 9.65. The Morgan fingerprint density at radius 3 is 1.96 bits per heavy atom. The molecule has 1 aliphatic heterocycles. The molecule has 1 saturated heterocycles. The molecule has 0 unspecified atom stereocenters. The van der Waals surface area contributed by atoms with Crippen molar-refractivity contribution in [1.29, 1.82) is 0 Å². The van der Waals surface area contributed by atoms with E-state index < -0.39 is 24.9 Å². The van der Waals surface area contributed by atoms with Crippen molar-refractivity contribution in [1.82, 2.24) is 0 Å². The molecular formula is C20H38O3Sn. The van der Waals surface area contributed by atoms with Crippen molar-refractivity contribution in [2.24, 2.45) is 0 Å². The van der Waals surface area contributed by atoms with Crippen LogP contribution in [0, 0.1) is 9.86 Å². The van der Waals surface area contributed by atoms with Crippen molar-refractivity contribution in [3.8, 4) is 9.86 Å². The fourth-order valence-electron chi connectivity index (χ4n) is 3.13. The van der Waals surface area contributed by atoms with E-state index in [4.69, 9.17) is 14.2 Å². The minimum absolute atomic E-state index is 0.464. The van der Waals surface area contributed by atoms with Gasteiger partial charge in [-0.3, -0.25) is 0 Å². The summed E-state index contributed by atoms with van der Waals surface area (Å²) in [5.74, 6) is 3.50. The Labute approximate surface area is 154 Å². The van der Waals surface area contributed by atoms with Crippen LogP contribution in [0.25, 0.3) is 0 Å². The Morgan fingerprint density at radius 1 is 0.917 bits per heavy atom. The van der Waals surface area contributed by atoms with E-state index in [1.807, 2.05) is 0 Å². The SMILES string of the molecule is CCC[CH2][Sn]([C]#CCCOC1OCCCO1)([CH2]CCC)[CH2]CCC. The van der Waals surface area contributed by atoms with Gasteiger partial charge in [-0.1, -0.05) is 0 Å². The van der Waals surface area contributed by atoms with Crippen LogP contribution in [0.5, 0.6) is 0 Å². The van der Waals surface area contributed by atoms with Crippen LogP contribution in [0.2, 0.25) is 13.3 Å². The Balaban J connectivity index is 2.50. The topological polar surface area (TPSA) is 27.7 Å². The van der Waals surface area contributed by atoms with Gasteiger partial charge in [-0.2, -0.15) is 0 Å². The normalized spacial score (nSPS) is 16.0. The Morgan fingerprint density at radius 2 is 1.46 bits per heavy atom. The molecule has 0 radical (unpaired) electrons. The molecule has 0 bridgehead atoms. The molecular weight excluding hydrogens is 407 g/mol. The Hall–Kier alpha value is 0.239. The van der Waals surface area contributed by atoms with Crippen molar-refractivity contribution in [2.45, 2.75) is 91.9 Å². The van der Waals surface area contributed by atoms with Crippen molar-refractivity contribution in [3.63, 3.8) is 0 Å². The Bertz CT molecular complexity index is 334. The predicted molar refractivity (Wildman–Crippen MR) is 104 cm³/mol. The van der Waals surface area contributed by atoms with Crippen molar-refractivity contribution in [2.75, 3.05) is 19.8 Å². The van der Waals surface area contributed by atoms with E-state index in [2.05, 4.69) is 30.6 Å². The molecule has 0 aliphatic carbocycles. The first-order valence-corrected chi connectivity index (χ1v) is 17.6. The monoisotopic (exact) mass is 446 g/mol. The minimum atomic E-state index is -2.27. The molecule has 0 saturated carbocycles. The van der Waals surface area contributed by atoms with Gasteiger partial charge in [-0.25, -0.2) is 0 Å². The second-order valence-electron chi connectivity index (χ2n) is 6.90. The second kappa shape index (κ2) is 14.4. The fourth-order valence-corrected chi connectivity index (χ4v) is 16.6. The zero-order chi connectivity index (χ0) is 17.5. The van der Waals surface area contributed by atoms with E-state index in [1.54, 1.807) is 0 Å². The van der Waals surface area contributed by atoms with E-state index in [0.29, 0.717) is 6.61 Å². The molecule has 4 heteroatoms. The summed E-state index contributed by atoms with van der Waals surface area (Å²) in [4.78, 5) is 0. The summed E-state index contributed by atoms with van der Waals surface area (Å²) in [6.45, 7) is 8.55. The van der Waals surface area contributed by atoms with E-state index in [-0.39, 0.29) is 0 Å². The van der Waals surface area contributed by atoms with Crippen LogP contribution in [0.1, 0.15) is 72.1 Å². The molecule has 0 atom stereocenters. The van der Waals surface area contributed by atoms with Gasteiger partial charge in [0.25, 0.3) is 0 Å². The molecule has 0 aromatic rings. The van der Waals surface area contributed by atoms with Gasteiger partial charge in [0.15, 0.2) is 0 Å². The first kappa shape index (κ1) is 22.3. The van der Waals surface area contributed by atoms with Gasteiger partial charge >= 0.3 is 154 Å². The van der Waals surface area contributed by atoms with Crippen LogP contribution in [-0.2, 0) is 14.2 Å². The number of ether oxygens (including phenoxy) is 3. The van der Waals surface area contributed by atoms with Gasteiger partial charge in [0.2, 0.25) is 0 Å². The Kier molecular flexibility index (Phi) is 13.4. The molecule has 0 spiro atoms. The molecule has 1 fully saturated rings. The number of hydrogen-bond donors (Lipinski definition) is 0. The van der Waals surface area contributed by atoms with E-state index >= 15 is 0 Å². The van der Waals surface area contributed by atoms with Gasteiger partial charge in [0, 0.05) is 0 Å². The standard InChI is InChI=1S/C8H11O3.3C4H9.Sn/c1-2-3-5-9-8-10-6-4-7-11-8;3*1-3-4-2;/h8H,3-7H2;3*1,3-4H2,2H3;. The average Bonchev–Trinajstić information content (AvgIpc) is 2.63. The summed E-state index contributed by atoms with van der Waals surface area (Å²) in [6, 6.07) is 0. The van der Waals surface area contributed by atoms with Gasteiger partial charge in [0.05, 0.1) is 0 Å². The van der Waals surface area contributed by atoms with Crippen molar-refractivity contribution >= 4 is 18.4 Å². The molecule has 140 valence electrons. The van der Waals surface area contributed by atoms with E-state index in [1.165, 1.54) is 51.8 Å². The third-order valence-corrected chi connectivity index (χ3v) is 17.9. The fraction of sp³-hybridized carbons (Fsp3) is 0.900. The van der Waals surface area contributed by atoms with E-state index in [0.717, 1.165) is 26.1 Å². The third-order valence-electron chi connectivity index (χ3n) is 4.66. The molecule has 0 amide bonds. The van der Waals surface area contributed by atoms with Crippen molar-refractivity contribution < 1.29 is 14.2 Å². The number of unbranched alkanes of at least 4 members (excludes halogenated alkanes) is 3. The first-order chi connectivity index (χ1) is 11.8. The zero-order valence-electron chi connectivity index (χ0n) is 16.2. The van der Waals surface area contributed by atoms with Crippen molar-refractivity contribution in [3.05, 3.63) is 0 Å². The van der Waals surface area contributed by atoms with Crippen LogP contribution in [0.4, 0.5) is 0 Å². The number of hydrogen-bond acceptors (Lipinski definition) is 3. The molecule has 0 aromatic heterocycles. The molecule has 1 heterocycles. The first-order valence-electron chi connectivity index (χ1n) is 10.1. The molecule has 1 rings (SSSR count). The summed E-state index contributed by atoms with van der Waals surface area (Å²) in [5.41, 5.74) is 0. The molecule has 0 N–H and O–H groups in total. The summed E-state index contributed by atoms with van der Waals surface area (Å²) in [5, 5.41) is 0. The molecule has 3 nitrogen and oxygen atoms in total. The molecule has 1 aliphatic rings. The maximum atomic E-state index is 5.62. The summed E-state index contributed by atoms with van der Waals surface area (Å²) >= 11 is -2.27. The van der Waals surface area contributed by atoms with Gasteiger partial charge in [-0.05, 0) is 0 Å². The van der Waals surface area contributed by atoms with Gasteiger partial charge in [-0.15, -0.1) is 0 Å². The zero-order valence-corrected chi connectivity index (χ0v) is 19.1. The quantitative estimate of drug-likeness (QED) is 0.226. The van der Waals surface area contributed by atoms with Crippen LogP contribution in [0.3, 0.4) is 0 Å². The summed E-state index contributed by atoms with van der Waals surface area (Å²) in [6.07, 6.45) is 9.80. The summed E-state index contributed by atoms with van der Waals surface area (Å²) < 4.78 is 24.7. The predicted octanol–water partition coefficient (Wildman–Crippen LogP) is 5.51. The second-order valence-corrected chi connectivity index (χ2v) is 19.2. The van der Waals surface area contributed by atoms with Crippen LogP contribution >= 0.6 is 0 Å². The van der Waals surface area contributed by atoms with Crippen LogP contribution < -0.4 is 0 Å². The van der Waals surface area contributed by atoms with Gasteiger partial charge in [0.1, 0.15) is 0 Å². The summed E-state index contributed by atoms with van der Waals surface area (Å²) in [7, 11) is 0. The van der Waals surface area contributed by atoms with Gasteiger partial charge < -0.3 is 0 Å².